The van der Waals surface area contributed by atoms with Crippen molar-refractivity contribution in [1.82, 2.24) is 5.32 Å². The number of aliphatic hydroxyl groups excluding tert-OH is 11. The molecule has 1 amide bonds. The molecule has 3 heterocycles. The number of hydrogen-bond donors (Lipinski definition) is 12. The number of aliphatic hydroxyl groups is 11. The van der Waals surface area contributed by atoms with Gasteiger partial charge in [-0.15, -0.1) is 0 Å². The molecule has 19 heteroatoms. The number of amides is 1. The minimum absolute atomic E-state index is 0.231. The highest BCUT2D eigenvalue weighted by atomic mass is 16.8. The fraction of sp³-hybridized carbons (Fsp3) is 0.779. The molecule has 3 aliphatic heterocycles. The van der Waals surface area contributed by atoms with Gasteiger partial charge in [-0.2, -0.15) is 0 Å². The number of carbonyl (C=O) groups is 1. The normalized spacial score (nSPS) is 25.3. The maximum atomic E-state index is 13.5. The minimum Gasteiger partial charge on any atom is -0.394 e. The number of rotatable bonds is 73. The zero-order valence-corrected chi connectivity index (χ0v) is 71.0. The highest BCUT2D eigenvalue weighted by molar-refractivity contribution is 5.76. The van der Waals surface area contributed by atoms with Crippen molar-refractivity contribution >= 4 is 5.91 Å². The molecule has 114 heavy (non-hydrogen) atoms. The molecule has 3 saturated heterocycles. The number of allylic oxidation sites excluding steroid dienone is 19. The van der Waals surface area contributed by atoms with Crippen LogP contribution in [0.1, 0.15) is 341 Å². The Hall–Kier alpha value is -3.81. The Morgan fingerprint density at radius 2 is 0.614 bits per heavy atom. The van der Waals surface area contributed by atoms with Crippen LogP contribution < -0.4 is 5.32 Å². The SMILES string of the molecule is CC/C=C\C/C=C\C/C=C\C/C=C\C/C=C\C/C=C\C/C=C\C/C=C\CCCCCCCCCCCCCCCCCCC(=O)NC(COC1OC(CO)C(OC2OC(CO)C(OC3OC(CO)C(O)C(O)C3O)C(O)C2O)C(O)C1O)C(O)/C=C/CC/C=C/CCCCCCCCCCCCCCCCCCCCCCCC. The van der Waals surface area contributed by atoms with Crippen molar-refractivity contribution in [2.24, 2.45) is 0 Å². The van der Waals surface area contributed by atoms with Crippen molar-refractivity contribution in [3.63, 3.8) is 0 Å². The topological polar surface area (TPSA) is 307 Å². The van der Waals surface area contributed by atoms with Crippen LogP contribution in [0.3, 0.4) is 0 Å². The Morgan fingerprint density at radius 3 is 0.982 bits per heavy atom. The average molecular weight is 1610 g/mol. The van der Waals surface area contributed by atoms with Crippen LogP contribution in [0.5, 0.6) is 0 Å². The number of unbranched alkanes of at least 4 members (excludes halogenated alkanes) is 39. The first kappa shape index (κ1) is 104. The second-order valence-corrected chi connectivity index (χ2v) is 32.0. The molecule has 0 bridgehead atoms. The molecule has 17 unspecified atom stereocenters. The Labute approximate surface area is 690 Å². The Kier molecular flexibility index (Phi) is 67.0. The monoisotopic (exact) mass is 1610 g/mol. The van der Waals surface area contributed by atoms with Gasteiger partial charge in [0.05, 0.1) is 38.6 Å². The molecular weight excluding hydrogens is 1440 g/mol. The van der Waals surface area contributed by atoms with Gasteiger partial charge in [-0.25, -0.2) is 0 Å². The summed E-state index contributed by atoms with van der Waals surface area (Å²) in [6, 6.07) is -0.998. The quantitative estimate of drug-likeness (QED) is 0.0199. The van der Waals surface area contributed by atoms with Crippen molar-refractivity contribution in [2.75, 3.05) is 26.4 Å². The molecular formula is C95H165NO18. The van der Waals surface area contributed by atoms with Crippen molar-refractivity contribution in [3.05, 3.63) is 122 Å². The van der Waals surface area contributed by atoms with E-state index in [-0.39, 0.29) is 18.9 Å². The maximum absolute atomic E-state index is 13.5. The third-order valence-corrected chi connectivity index (χ3v) is 22.0. The smallest absolute Gasteiger partial charge is 0.220 e. The molecule has 19 nitrogen and oxygen atoms in total. The molecule has 0 aromatic rings. The van der Waals surface area contributed by atoms with Crippen LogP contribution in [0.25, 0.3) is 0 Å². The predicted molar refractivity (Wildman–Crippen MR) is 461 cm³/mol. The molecule has 3 fully saturated rings. The van der Waals surface area contributed by atoms with Crippen molar-refractivity contribution in [3.8, 4) is 0 Å². The van der Waals surface area contributed by atoms with E-state index in [0.29, 0.717) is 12.8 Å². The van der Waals surface area contributed by atoms with Gasteiger partial charge < -0.3 is 89.9 Å². The molecule has 12 N–H and O–H groups in total. The van der Waals surface area contributed by atoms with E-state index in [1.807, 2.05) is 6.08 Å². The van der Waals surface area contributed by atoms with Gasteiger partial charge in [-0.1, -0.05) is 360 Å². The number of nitrogens with one attached hydrogen (secondary N) is 1. The summed E-state index contributed by atoms with van der Waals surface area (Å²) in [6.07, 6.45) is 77.8. The lowest BCUT2D eigenvalue weighted by Gasteiger charge is -2.48. The van der Waals surface area contributed by atoms with Crippen LogP contribution >= 0.6 is 0 Å². The van der Waals surface area contributed by atoms with Gasteiger partial charge in [-0.3, -0.25) is 4.79 Å². The molecule has 658 valence electrons. The van der Waals surface area contributed by atoms with E-state index in [1.54, 1.807) is 6.08 Å². The van der Waals surface area contributed by atoms with E-state index >= 15 is 0 Å². The van der Waals surface area contributed by atoms with Gasteiger partial charge in [0.1, 0.15) is 73.2 Å². The molecule has 0 radical (unpaired) electrons. The summed E-state index contributed by atoms with van der Waals surface area (Å²) < 4.78 is 34.5. The average Bonchev–Trinajstić information content (AvgIpc) is 0.782. The molecule has 0 saturated carbocycles. The first-order valence-corrected chi connectivity index (χ1v) is 45.8. The minimum atomic E-state index is -1.99. The zero-order chi connectivity index (χ0) is 82.4. The van der Waals surface area contributed by atoms with E-state index in [4.69, 9.17) is 28.4 Å². The van der Waals surface area contributed by atoms with Gasteiger partial charge >= 0.3 is 0 Å². The predicted octanol–water partition coefficient (Wildman–Crippen LogP) is 17.8. The van der Waals surface area contributed by atoms with E-state index in [0.717, 1.165) is 89.9 Å². The maximum Gasteiger partial charge on any atom is 0.220 e. The summed E-state index contributed by atoms with van der Waals surface area (Å²) in [7, 11) is 0. The van der Waals surface area contributed by atoms with E-state index in [2.05, 4.69) is 129 Å². The molecule has 3 rings (SSSR count). The van der Waals surface area contributed by atoms with Crippen LogP contribution in [-0.2, 0) is 33.2 Å². The van der Waals surface area contributed by atoms with Crippen molar-refractivity contribution in [2.45, 2.75) is 446 Å². The second kappa shape index (κ2) is 73.1. The van der Waals surface area contributed by atoms with E-state index < -0.39 is 124 Å². The Balaban J connectivity index is 1.32. The van der Waals surface area contributed by atoms with Crippen LogP contribution in [-0.4, -0.2) is 193 Å². The van der Waals surface area contributed by atoms with Gasteiger partial charge in [0, 0.05) is 6.42 Å². The summed E-state index contributed by atoms with van der Waals surface area (Å²) in [5.41, 5.74) is 0. The van der Waals surface area contributed by atoms with E-state index in [9.17, 15) is 61.0 Å². The molecule has 0 aliphatic carbocycles. The fourth-order valence-electron chi connectivity index (χ4n) is 14.8. The molecule has 3 aliphatic rings. The van der Waals surface area contributed by atoms with Crippen LogP contribution in [0.4, 0.5) is 0 Å². The molecule has 17 atom stereocenters. The fourth-order valence-corrected chi connectivity index (χ4v) is 14.8. The largest absolute Gasteiger partial charge is 0.394 e. The molecule has 0 spiro atoms. The summed E-state index contributed by atoms with van der Waals surface area (Å²) in [5.74, 6) is -0.285. The lowest BCUT2D eigenvalue weighted by molar-refractivity contribution is -0.379. The summed E-state index contributed by atoms with van der Waals surface area (Å²) in [4.78, 5) is 13.5. The third kappa shape index (κ3) is 51.0. The van der Waals surface area contributed by atoms with Crippen LogP contribution in [0, 0.1) is 0 Å². The zero-order valence-electron chi connectivity index (χ0n) is 71.0. The summed E-state index contributed by atoms with van der Waals surface area (Å²) in [6.45, 7) is 1.64. The number of hydrogen-bond acceptors (Lipinski definition) is 18. The highest BCUT2D eigenvalue weighted by Crippen LogP contribution is 2.33. The van der Waals surface area contributed by atoms with Crippen molar-refractivity contribution in [1.29, 1.82) is 0 Å². The highest BCUT2D eigenvalue weighted by Gasteiger charge is 2.54. The molecule has 0 aromatic carbocycles. The van der Waals surface area contributed by atoms with Crippen LogP contribution in [0.2, 0.25) is 0 Å². The first-order chi connectivity index (χ1) is 55.8. The summed E-state index contributed by atoms with van der Waals surface area (Å²) >= 11 is 0. The Morgan fingerprint density at radius 1 is 0.325 bits per heavy atom. The standard InChI is InChI=1S/C95H165NO18/c1-3-5-7-9-11-13-15-17-19-21-23-25-27-29-31-33-34-35-36-37-38-39-40-41-42-43-44-45-47-49-51-53-55-57-59-61-63-65-67-69-71-73-83(101)96-78(79(100)72-70-68-66-64-62-60-58-56-54-52-50-48-46-32-30-28-26-24-22-20-18-16-14-12-10-8-6-4-2)77-109-93-89(107)86(104)91(81(75-98)111-93)114-95-90(108)87(105)92(82(76-99)112-95)113-94-88(106)85(103)84(102)80(74-97)110-94/h5,7,11,13,17,19,23,25,29,31,34-35,37-38,40-41,62,64,70,72,78-82,84-95,97-100,102-108H,3-4,6,8-10,12,14-16,18,20-22,24,26-28,30,32-33,36,39,42-61,63,65-69,71,73-77H2,1-2H3,(H,96,101)/b7-5-,13-11-,19-17-,25-23-,31-29-,35-34-,38-37-,41-40-,64-62+,72-70+. The number of ether oxygens (including phenoxy) is 6. The summed E-state index contributed by atoms with van der Waals surface area (Å²) in [5, 5.41) is 121. The molecule has 0 aromatic heterocycles. The van der Waals surface area contributed by atoms with E-state index in [1.165, 1.54) is 218 Å². The van der Waals surface area contributed by atoms with Gasteiger partial charge in [0.15, 0.2) is 18.9 Å². The van der Waals surface area contributed by atoms with Gasteiger partial charge in [0.2, 0.25) is 5.91 Å². The third-order valence-electron chi connectivity index (χ3n) is 22.0. The second-order valence-electron chi connectivity index (χ2n) is 32.0. The first-order valence-electron chi connectivity index (χ1n) is 45.8. The van der Waals surface area contributed by atoms with Gasteiger partial charge in [0.25, 0.3) is 0 Å². The number of carbonyl (C=O) groups excluding carboxylic acids is 1. The lowest BCUT2D eigenvalue weighted by atomic mass is 9.96. The van der Waals surface area contributed by atoms with Gasteiger partial charge in [-0.05, 0) is 96.3 Å². The van der Waals surface area contributed by atoms with Crippen molar-refractivity contribution < 1.29 is 89.4 Å². The lowest BCUT2D eigenvalue weighted by Crippen LogP contribution is -2.66. The Bertz CT molecular complexity index is 2530. The van der Waals surface area contributed by atoms with Crippen LogP contribution in [0.15, 0.2) is 122 Å².